The number of rotatable bonds is 5. The summed E-state index contributed by atoms with van der Waals surface area (Å²) >= 11 is 7.26. The third-order valence-electron chi connectivity index (χ3n) is 3.40. The first-order valence-electron chi connectivity index (χ1n) is 6.67. The summed E-state index contributed by atoms with van der Waals surface area (Å²) in [7, 11) is 0. The molecule has 0 saturated heterocycles. The van der Waals surface area contributed by atoms with Crippen LogP contribution < -0.4 is 5.32 Å². The summed E-state index contributed by atoms with van der Waals surface area (Å²) in [4.78, 5) is 13.1. The molecule has 8 heteroatoms. The van der Waals surface area contributed by atoms with E-state index in [1.165, 1.54) is 18.3 Å². The second-order valence-electron chi connectivity index (χ2n) is 4.98. The maximum atomic E-state index is 12.8. The number of alkyl halides is 2. The number of hydrogen-bond donors (Lipinski definition) is 1. The molecule has 0 bridgehead atoms. The Balaban J connectivity index is 2.06. The van der Waals surface area contributed by atoms with Crippen LogP contribution in [0.15, 0.2) is 12.1 Å². The number of aryl methyl sites for hydroxylation is 1. The molecule has 0 spiro atoms. The predicted molar refractivity (Wildman–Crippen MR) is 82.5 cm³/mol. The van der Waals surface area contributed by atoms with Crippen molar-refractivity contribution in [3.05, 3.63) is 38.3 Å². The van der Waals surface area contributed by atoms with Gasteiger partial charge in [0.15, 0.2) is 0 Å². The molecule has 0 aliphatic rings. The highest BCUT2D eigenvalue weighted by Crippen LogP contribution is 2.27. The molecule has 2 aromatic rings. The van der Waals surface area contributed by atoms with Crippen molar-refractivity contribution in [3.8, 4) is 0 Å². The van der Waals surface area contributed by atoms with Crippen LogP contribution in [0.3, 0.4) is 0 Å². The maximum absolute atomic E-state index is 12.8. The fourth-order valence-electron chi connectivity index (χ4n) is 2.23. The standard InChI is InChI=1S/C14H16ClF2N3OS/c1-7-10(9(3)20(19-7)14(16)17)6-13(21)18-8(2)11-4-5-12(15)22-11/h4-5,8,14H,6H2,1-3H3,(H,18,21)/t8-/m1/s1. The average Bonchev–Trinajstić information content (AvgIpc) is 2.97. The van der Waals surface area contributed by atoms with Gasteiger partial charge in [-0.25, -0.2) is 4.68 Å². The van der Waals surface area contributed by atoms with E-state index in [4.69, 9.17) is 11.6 Å². The van der Waals surface area contributed by atoms with Crippen LogP contribution in [0.5, 0.6) is 0 Å². The first kappa shape index (κ1) is 16.9. The summed E-state index contributed by atoms with van der Waals surface area (Å²) < 4.78 is 26.9. The van der Waals surface area contributed by atoms with Crippen molar-refractivity contribution >= 4 is 28.8 Å². The highest BCUT2D eigenvalue weighted by atomic mass is 35.5. The molecular formula is C14H16ClF2N3OS. The van der Waals surface area contributed by atoms with Crippen LogP contribution in [0.1, 0.15) is 41.3 Å². The minimum absolute atomic E-state index is 0.0217. The molecule has 1 N–H and O–H groups in total. The molecule has 1 amide bonds. The van der Waals surface area contributed by atoms with Crippen LogP contribution in [0, 0.1) is 13.8 Å². The van der Waals surface area contributed by atoms with Crippen molar-refractivity contribution in [1.29, 1.82) is 0 Å². The Morgan fingerprint density at radius 3 is 2.64 bits per heavy atom. The topological polar surface area (TPSA) is 46.9 Å². The summed E-state index contributed by atoms with van der Waals surface area (Å²) in [5.41, 5.74) is 1.29. The Kier molecular flexibility index (Phi) is 5.18. The van der Waals surface area contributed by atoms with Gasteiger partial charge in [0.05, 0.1) is 22.5 Å². The number of halogens is 3. The predicted octanol–water partition coefficient (Wildman–Crippen LogP) is 4.03. The van der Waals surface area contributed by atoms with Crippen LogP contribution in [0.25, 0.3) is 0 Å². The Hall–Kier alpha value is -1.47. The zero-order valence-corrected chi connectivity index (χ0v) is 13.9. The smallest absolute Gasteiger partial charge is 0.333 e. The largest absolute Gasteiger partial charge is 0.348 e. The van der Waals surface area contributed by atoms with Gasteiger partial charge in [0.2, 0.25) is 5.91 Å². The first-order valence-corrected chi connectivity index (χ1v) is 7.86. The van der Waals surface area contributed by atoms with Crippen LogP contribution >= 0.6 is 22.9 Å². The van der Waals surface area contributed by atoms with E-state index in [1.807, 2.05) is 13.0 Å². The molecule has 22 heavy (non-hydrogen) atoms. The molecule has 0 aliphatic carbocycles. The molecule has 4 nitrogen and oxygen atoms in total. The van der Waals surface area contributed by atoms with E-state index in [0.717, 1.165) is 4.88 Å². The summed E-state index contributed by atoms with van der Waals surface area (Å²) in [5, 5.41) is 6.61. The normalized spacial score (nSPS) is 12.7. The van der Waals surface area contributed by atoms with Gasteiger partial charge in [-0.2, -0.15) is 13.9 Å². The van der Waals surface area contributed by atoms with Gasteiger partial charge in [-0.15, -0.1) is 11.3 Å². The summed E-state index contributed by atoms with van der Waals surface area (Å²) in [6.07, 6.45) is 0.0217. The van der Waals surface area contributed by atoms with E-state index >= 15 is 0 Å². The zero-order valence-electron chi connectivity index (χ0n) is 12.4. The zero-order chi connectivity index (χ0) is 16.4. The Morgan fingerprint density at radius 2 is 2.14 bits per heavy atom. The number of hydrogen-bond acceptors (Lipinski definition) is 3. The molecular weight excluding hydrogens is 332 g/mol. The van der Waals surface area contributed by atoms with Gasteiger partial charge in [-0.1, -0.05) is 11.6 Å². The molecule has 120 valence electrons. The van der Waals surface area contributed by atoms with Crippen molar-refractivity contribution in [2.75, 3.05) is 0 Å². The first-order chi connectivity index (χ1) is 10.3. The second-order valence-corrected chi connectivity index (χ2v) is 6.73. The lowest BCUT2D eigenvalue weighted by atomic mass is 10.1. The molecule has 1 atom stereocenters. The quantitative estimate of drug-likeness (QED) is 0.887. The van der Waals surface area contributed by atoms with Gasteiger partial charge < -0.3 is 5.32 Å². The average molecular weight is 348 g/mol. The number of nitrogens with one attached hydrogen (secondary N) is 1. The van der Waals surface area contributed by atoms with Crippen LogP contribution in [0.4, 0.5) is 8.78 Å². The maximum Gasteiger partial charge on any atom is 0.333 e. The van der Waals surface area contributed by atoms with Gasteiger partial charge >= 0.3 is 6.55 Å². The lowest BCUT2D eigenvalue weighted by Crippen LogP contribution is -2.28. The second kappa shape index (κ2) is 6.75. The molecule has 2 heterocycles. The molecule has 0 aliphatic heterocycles. The molecule has 2 rings (SSSR count). The fourth-order valence-corrected chi connectivity index (χ4v) is 3.29. The Bertz CT molecular complexity index is 684. The van der Waals surface area contributed by atoms with Crippen molar-refractivity contribution in [2.45, 2.75) is 39.8 Å². The van der Waals surface area contributed by atoms with Crippen molar-refractivity contribution in [1.82, 2.24) is 15.1 Å². The Labute approximate surface area is 136 Å². The number of carbonyl (C=O) groups is 1. The van der Waals surface area contributed by atoms with Gasteiger partial charge in [-0.05, 0) is 32.9 Å². The molecule has 0 radical (unpaired) electrons. The molecule has 0 unspecified atom stereocenters. The lowest BCUT2D eigenvalue weighted by Gasteiger charge is -2.12. The van der Waals surface area contributed by atoms with Crippen LogP contribution in [0.2, 0.25) is 4.34 Å². The van der Waals surface area contributed by atoms with Gasteiger partial charge in [0, 0.05) is 16.1 Å². The van der Waals surface area contributed by atoms with Gasteiger partial charge in [0.1, 0.15) is 0 Å². The van der Waals surface area contributed by atoms with Crippen LogP contribution in [-0.2, 0) is 11.2 Å². The molecule has 0 fully saturated rings. The summed E-state index contributed by atoms with van der Waals surface area (Å²) in [6.45, 7) is 2.30. The van der Waals surface area contributed by atoms with E-state index in [1.54, 1.807) is 13.0 Å². The van der Waals surface area contributed by atoms with Crippen molar-refractivity contribution in [2.24, 2.45) is 0 Å². The van der Waals surface area contributed by atoms with E-state index in [2.05, 4.69) is 10.4 Å². The highest BCUT2D eigenvalue weighted by molar-refractivity contribution is 7.16. The van der Waals surface area contributed by atoms with Crippen LogP contribution in [-0.4, -0.2) is 15.7 Å². The Morgan fingerprint density at radius 1 is 1.45 bits per heavy atom. The van der Waals surface area contributed by atoms with Crippen molar-refractivity contribution in [3.63, 3.8) is 0 Å². The van der Waals surface area contributed by atoms with E-state index < -0.39 is 6.55 Å². The monoisotopic (exact) mass is 347 g/mol. The molecule has 2 aromatic heterocycles. The van der Waals surface area contributed by atoms with Gasteiger partial charge in [-0.3, -0.25) is 4.79 Å². The third kappa shape index (κ3) is 3.64. The minimum atomic E-state index is -2.71. The number of nitrogens with zero attached hydrogens (tertiary/aromatic N) is 2. The summed E-state index contributed by atoms with van der Waals surface area (Å²) in [6, 6.07) is 3.44. The third-order valence-corrected chi connectivity index (χ3v) is 4.81. The lowest BCUT2D eigenvalue weighted by molar-refractivity contribution is -0.121. The van der Waals surface area contributed by atoms with Crippen molar-refractivity contribution < 1.29 is 13.6 Å². The number of thiophene rings is 1. The molecule has 0 saturated carbocycles. The van der Waals surface area contributed by atoms with E-state index in [9.17, 15) is 13.6 Å². The number of carbonyl (C=O) groups excluding carboxylic acids is 1. The van der Waals surface area contributed by atoms with Gasteiger partial charge in [0.25, 0.3) is 0 Å². The SMILES string of the molecule is Cc1nn(C(F)F)c(C)c1CC(=O)N[C@H](C)c1ccc(Cl)s1. The number of amides is 1. The summed E-state index contributed by atoms with van der Waals surface area (Å²) in [5.74, 6) is -0.239. The van der Waals surface area contributed by atoms with E-state index in [0.29, 0.717) is 26.0 Å². The number of aromatic nitrogens is 2. The molecule has 0 aromatic carbocycles. The fraction of sp³-hybridized carbons (Fsp3) is 0.429. The highest BCUT2D eigenvalue weighted by Gasteiger charge is 2.20. The minimum Gasteiger partial charge on any atom is -0.348 e. The van der Waals surface area contributed by atoms with E-state index in [-0.39, 0.29) is 18.4 Å².